The molecule has 0 saturated heterocycles. The monoisotopic (exact) mass is 374 g/mol. The Morgan fingerprint density at radius 2 is 2.04 bits per heavy atom. The summed E-state index contributed by atoms with van der Waals surface area (Å²) in [7, 11) is 0. The first-order valence-corrected chi connectivity index (χ1v) is 9.80. The second-order valence-corrected chi connectivity index (χ2v) is 7.77. The van der Waals surface area contributed by atoms with E-state index in [0.29, 0.717) is 22.7 Å². The van der Waals surface area contributed by atoms with Gasteiger partial charge < -0.3 is 5.32 Å². The SMILES string of the molecule is N#Cc1cccc(C(=O)N[C@H](c2cn(C3(C#N)CC3)nn2)C2CCCCC2)c1. The predicted molar refractivity (Wildman–Crippen MR) is 101 cm³/mol. The van der Waals surface area contributed by atoms with Crippen molar-refractivity contribution in [2.75, 3.05) is 0 Å². The molecule has 0 spiro atoms. The van der Waals surface area contributed by atoms with E-state index in [-0.39, 0.29) is 11.9 Å². The van der Waals surface area contributed by atoms with Gasteiger partial charge in [0.05, 0.1) is 29.9 Å². The Kier molecular flexibility index (Phi) is 4.83. The van der Waals surface area contributed by atoms with Crippen LogP contribution in [0.4, 0.5) is 0 Å². The molecule has 7 nitrogen and oxygen atoms in total. The van der Waals surface area contributed by atoms with Gasteiger partial charge in [-0.25, -0.2) is 4.68 Å². The number of aromatic nitrogens is 3. The van der Waals surface area contributed by atoms with Crippen LogP contribution in [0.25, 0.3) is 0 Å². The van der Waals surface area contributed by atoms with Gasteiger partial charge in [-0.1, -0.05) is 30.5 Å². The molecule has 2 aliphatic carbocycles. The Hall–Kier alpha value is -3.19. The number of carbonyl (C=O) groups excluding carboxylic acids is 1. The quantitative estimate of drug-likeness (QED) is 0.864. The van der Waals surface area contributed by atoms with E-state index in [1.54, 1.807) is 28.9 Å². The maximum atomic E-state index is 12.9. The third-order valence-corrected chi connectivity index (χ3v) is 5.86. The third-order valence-electron chi connectivity index (χ3n) is 5.86. The number of nitrogens with zero attached hydrogens (tertiary/aromatic N) is 5. The Morgan fingerprint density at radius 3 is 2.71 bits per heavy atom. The molecular weight excluding hydrogens is 352 g/mol. The lowest BCUT2D eigenvalue weighted by atomic mass is 9.82. The van der Waals surface area contributed by atoms with E-state index >= 15 is 0 Å². The van der Waals surface area contributed by atoms with Gasteiger partial charge >= 0.3 is 0 Å². The molecule has 28 heavy (non-hydrogen) atoms. The Balaban J connectivity index is 1.60. The van der Waals surface area contributed by atoms with Gasteiger partial charge in [0, 0.05) is 5.56 Å². The van der Waals surface area contributed by atoms with Crippen LogP contribution >= 0.6 is 0 Å². The van der Waals surface area contributed by atoms with Crippen molar-refractivity contribution < 1.29 is 4.79 Å². The Morgan fingerprint density at radius 1 is 1.25 bits per heavy atom. The molecule has 1 atom stereocenters. The number of amides is 1. The molecule has 0 radical (unpaired) electrons. The fourth-order valence-corrected chi connectivity index (χ4v) is 3.99. The van der Waals surface area contributed by atoms with Gasteiger partial charge in [-0.3, -0.25) is 4.79 Å². The molecule has 2 aromatic rings. The average Bonchev–Trinajstić information content (AvgIpc) is 3.41. The molecule has 1 aromatic heterocycles. The highest BCUT2D eigenvalue weighted by molar-refractivity contribution is 5.94. The van der Waals surface area contributed by atoms with Gasteiger partial charge in [0.1, 0.15) is 5.69 Å². The van der Waals surface area contributed by atoms with E-state index in [2.05, 4.69) is 27.8 Å². The van der Waals surface area contributed by atoms with Crippen LogP contribution < -0.4 is 5.32 Å². The number of rotatable bonds is 5. The molecule has 2 saturated carbocycles. The number of nitrogens with one attached hydrogen (secondary N) is 1. The van der Waals surface area contributed by atoms with Crippen LogP contribution in [0.15, 0.2) is 30.5 Å². The Labute approximate surface area is 164 Å². The lowest BCUT2D eigenvalue weighted by Gasteiger charge is -2.29. The van der Waals surface area contributed by atoms with Crippen LogP contribution in [0, 0.1) is 28.6 Å². The van der Waals surface area contributed by atoms with Crippen molar-refractivity contribution in [2.24, 2.45) is 5.92 Å². The smallest absolute Gasteiger partial charge is 0.251 e. The Bertz CT molecular complexity index is 956. The van der Waals surface area contributed by atoms with Crippen molar-refractivity contribution in [2.45, 2.75) is 56.5 Å². The average molecular weight is 374 g/mol. The maximum absolute atomic E-state index is 12.9. The van der Waals surface area contributed by atoms with Gasteiger partial charge in [0.25, 0.3) is 5.91 Å². The molecule has 1 heterocycles. The van der Waals surface area contributed by atoms with Crippen molar-refractivity contribution >= 4 is 5.91 Å². The summed E-state index contributed by atoms with van der Waals surface area (Å²) in [4.78, 5) is 12.9. The van der Waals surface area contributed by atoms with E-state index in [1.807, 2.05) is 6.20 Å². The van der Waals surface area contributed by atoms with Crippen LogP contribution in [-0.4, -0.2) is 20.9 Å². The summed E-state index contributed by atoms with van der Waals surface area (Å²) in [6.45, 7) is 0. The molecule has 2 aliphatic rings. The van der Waals surface area contributed by atoms with Gasteiger partial charge in [0.2, 0.25) is 0 Å². The largest absolute Gasteiger partial charge is 0.343 e. The van der Waals surface area contributed by atoms with Crippen molar-refractivity contribution in [3.8, 4) is 12.1 Å². The second-order valence-electron chi connectivity index (χ2n) is 7.77. The van der Waals surface area contributed by atoms with Crippen LogP contribution in [0.3, 0.4) is 0 Å². The molecule has 0 bridgehead atoms. The topological polar surface area (TPSA) is 107 Å². The minimum Gasteiger partial charge on any atom is -0.343 e. The maximum Gasteiger partial charge on any atom is 0.251 e. The summed E-state index contributed by atoms with van der Waals surface area (Å²) in [5.41, 5.74) is 1.06. The molecule has 2 fully saturated rings. The van der Waals surface area contributed by atoms with E-state index < -0.39 is 5.54 Å². The van der Waals surface area contributed by atoms with Crippen molar-refractivity contribution in [3.05, 3.63) is 47.3 Å². The zero-order valence-electron chi connectivity index (χ0n) is 15.6. The first-order chi connectivity index (χ1) is 13.6. The van der Waals surface area contributed by atoms with Crippen LogP contribution in [0.1, 0.15) is 72.6 Å². The van der Waals surface area contributed by atoms with Crippen LogP contribution in [0.5, 0.6) is 0 Å². The summed E-state index contributed by atoms with van der Waals surface area (Å²) in [5.74, 6) is 0.0721. The van der Waals surface area contributed by atoms with Crippen LogP contribution in [-0.2, 0) is 5.54 Å². The minimum atomic E-state index is -0.562. The normalized spacial score (nSPS) is 19.2. The molecule has 4 rings (SSSR count). The molecule has 1 N–H and O–H groups in total. The van der Waals surface area contributed by atoms with E-state index in [9.17, 15) is 10.1 Å². The van der Waals surface area contributed by atoms with E-state index in [4.69, 9.17) is 5.26 Å². The first-order valence-electron chi connectivity index (χ1n) is 9.80. The lowest BCUT2D eigenvalue weighted by Crippen LogP contribution is -2.34. The summed E-state index contributed by atoms with van der Waals surface area (Å²) >= 11 is 0. The molecule has 0 aliphatic heterocycles. The third kappa shape index (κ3) is 3.48. The second kappa shape index (κ2) is 7.44. The molecule has 7 heteroatoms. The fraction of sp³-hybridized carbons (Fsp3) is 0.476. The number of benzene rings is 1. The van der Waals surface area contributed by atoms with Crippen molar-refractivity contribution in [3.63, 3.8) is 0 Å². The first kappa shape index (κ1) is 18.2. The summed E-state index contributed by atoms with van der Waals surface area (Å²) in [6.07, 6.45) is 8.93. The molecule has 0 unspecified atom stereocenters. The number of nitriles is 2. The fourth-order valence-electron chi connectivity index (χ4n) is 3.99. The van der Waals surface area contributed by atoms with Crippen LogP contribution in [0.2, 0.25) is 0 Å². The van der Waals surface area contributed by atoms with Gasteiger partial charge in [-0.15, -0.1) is 5.10 Å². The van der Waals surface area contributed by atoms with E-state index in [0.717, 1.165) is 38.5 Å². The van der Waals surface area contributed by atoms with Crippen molar-refractivity contribution in [1.82, 2.24) is 20.3 Å². The van der Waals surface area contributed by atoms with Gasteiger partial charge in [-0.2, -0.15) is 10.5 Å². The number of hydrogen-bond acceptors (Lipinski definition) is 5. The number of hydrogen-bond donors (Lipinski definition) is 1. The van der Waals surface area contributed by atoms with E-state index in [1.165, 1.54) is 6.42 Å². The molecule has 1 aromatic carbocycles. The van der Waals surface area contributed by atoms with Gasteiger partial charge in [-0.05, 0) is 49.8 Å². The highest BCUT2D eigenvalue weighted by Gasteiger charge is 2.47. The zero-order valence-corrected chi connectivity index (χ0v) is 15.6. The van der Waals surface area contributed by atoms with Gasteiger partial charge in [0.15, 0.2) is 5.54 Å². The highest BCUT2D eigenvalue weighted by atomic mass is 16.1. The standard InChI is InChI=1S/C21H22N6O/c22-12-15-5-4-8-17(11-15)20(28)24-19(16-6-2-1-3-7-16)18-13-27(26-25-18)21(14-23)9-10-21/h4-5,8,11,13,16,19H,1-3,6-7,9-10H2,(H,24,28)/t19-/m0/s1. The predicted octanol–water partition coefficient (Wildman–Crippen LogP) is 3.21. The molecule has 1 amide bonds. The molecular formula is C21H22N6O. The highest BCUT2D eigenvalue weighted by Crippen LogP contribution is 2.42. The minimum absolute atomic E-state index is 0.219. The van der Waals surface area contributed by atoms with Crippen molar-refractivity contribution in [1.29, 1.82) is 10.5 Å². The summed E-state index contributed by atoms with van der Waals surface area (Å²) < 4.78 is 1.65. The molecule has 142 valence electrons. The number of carbonyl (C=O) groups is 1. The summed E-state index contributed by atoms with van der Waals surface area (Å²) in [6, 6.07) is 10.8. The lowest BCUT2D eigenvalue weighted by molar-refractivity contribution is 0.0911. The zero-order chi connectivity index (χ0) is 19.6. The summed E-state index contributed by atoms with van der Waals surface area (Å²) in [5, 5.41) is 30.1.